The summed E-state index contributed by atoms with van der Waals surface area (Å²) in [6.45, 7) is -0.633. The Kier molecular flexibility index (Phi) is 6.30. The number of carbonyl (C=O) groups excluding carboxylic acids is 2. The number of ether oxygens (including phenoxy) is 2. The van der Waals surface area contributed by atoms with E-state index < -0.39 is 18.4 Å². The summed E-state index contributed by atoms with van der Waals surface area (Å²) in [5.74, 6) is -1.82. The van der Waals surface area contributed by atoms with Crippen LogP contribution in [0, 0.1) is 5.82 Å². The highest BCUT2D eigenvalue weighted by atomic mass is 79.9. The highest BCUT2D eigenvalue weighted by Crippen LogP contribution is 2.28. The molecule has 0 bridgehead atoms. The molecular weight excluding hydrogens is 395 g/mol. The van der Waals surface area contributed by atoms with E-state index in [0.717, 1.165) is 0 Å². The van der Waals surface area contributed by atoms with Crippen molar-refractivity contribution in [3.8, 4) is 11.5 Å². The van der Waals surface area contributed by atoms with Gasteiger partial charge in [0.1, 0.15) is 12.4 Å². The second-order valence-electron chi connectivity index (χ2n) is 4.89. The molecule has 2 aromatic rings. The van der Waals surface area contributed by atoms with Gasteiger partial charge in [0.2, 0.25) is 0 Å². The van der Waals surface area contributed by atoms with Gasteiger partial charge in [0.15, 0.2) is 17.3 Å². The van der Waals surface area contributed by atoms with Crippen molar-refractivity contribution in [2.75, 3.05) is 13.7 Å². The molecule has 0 aromatic heterocycles. The van der Waals surface area contributed by atoms with Crippen molar-refractivity contribution < 1.29 is 28.6 Å². The third kappa shape index (κ3) is 5.15. The van der Waals surface area contributed by atoms with Gasteiger partial charge < -0.3 is 19.4 Å². The van der Waals surface area contributed by atoms with Crippen molar-refractivity contribution in [3.63, 3.8) is 0 Å². The molecule has 0 heterocycles. The fourth-order valence-corrected chi connectivity index (χ4v) is 2.36. The number of allylic oxidation sites excluding steroid dienone is 1. The Hall–Kier alpha value is -2.67. The van der Waals surface area contributed by atoms with Crippen LogP contribution in [0.25, 0.3) is 6.08 Å². The number of carboxylic acids is 1. The zero-order valence-electron chi connectivity index (χ0n) is 13.1. The molecule has 7 heteroatoms. The minimum atomic E-state index is -1.37. The topological polar surface area (TPSA) is 75.7 Å². The number of methoxy groups -OCH3 is 1. The van der Waals surface area contributed by atoms with Gasteiger partial charge in [-0.1, -0.05) is 15.9 Å². The zero-order chi connectivity index (χ0) is 18.4. The highest BCUT2D eigenvalue weighted by Gasteiger charge is 2.10. The number of carbonyl (C=O) groups is 2. The zero-order valence-corrected chi connectivity index (χ0v) is 14.7. The van der Waals surface area contributed by atoms with Crippen LogP contribution in [-0.2, 0) is 4.79 Å². The lowest BCUT2D eigenvalue weighted by molar-refractivity contribution is -0.307. The van der Waals surface area contributed by atoms with Gasteiger partial charge in [-0.3, -0.25) is 4.79 Å². The van der Waals surface area contributed by atoms with Crippen LogP contribution < -0.4 is 14.6 Å². The maximum Gasteiger partial charge on any atom is 0.185 e. The van der Waals surface area contributed by atoms with Gasteiger partial charge in [-0.15, -0.1) is 0 Å². The normalized spacial score (nSPS) is 10.7. The van der Waals surface area contributed by atoms with Gasteiger partial charge in [0.25, 0.3) is 0 Å². The highest BCUT2D eigenvalue weighted by molar-refractivity contribution is 9.10. The monoisotopic (exact) mass is 407 g/mol. The molecule has 0 aliphatic rings. The first-order valence-electron chi connectivity index (χ1n) is 7.09. The second-order valence-corrected chi connectivity index (χ2v) is 5.81. The predicted octanol–water partition coefficient (Wildman–Crippen LogP) is 2.62. The van der Waals surface area contributed by atoms with Crippen molar-refractivity contribution in [1.82, 2.24) is 0 Å². The molecule has 0 saturated heterocycles. The molecule has 2 rings (SSSR count). The summed E-state index contributed by atoms with van der Waals surface area (Å²) >= 11 is 3.24. The van der Waals surface area contributed by atoms with Crippen LogP contribution in [0.1, 0.15) is 15.9 Å². The van der Waals surface area contributed by atoms with E-state index in [2.05, 4.69) is 15.9 Å². The largest absolute Gasteiger partial charge is 0.546 e. The predicted molar refractivity (Wildman–Crippen MR) is 91.0 cm³/mol. The number of hydrogen-bond donors (Lipinski definition) is 0. The molecule has 5 nitrogen and oxygen atoms in total. The molecule has 0 spiro atoms. The Morgan fingerprint density at radius 2 is 1.96 bits per heavy atom. The number of halogens is 2. The lowest BCUT2D eigenvalue weighted by atomic mass is 10.1. The molecule has 0 radical (unpaired) electrons. The number of ketones is 1. The number of aliphatic carboxylic acids is 1. The van der Waals surface area contributed by atoms with Gasteiger partial charge >= 0.3 is 0 Å². The van der Waals surface area contributed by atoms with E-state index in [1.807, 2.05) is 0 Å². The Bertz CT molecular complexity index is 832. The van der Waals surface area contributed by atoms with Crippen molar-refractivity contribution in [2.24, 2.45) is 0 Å². The quantitative estimate of drug-likeness (QED) is 0.520. The van der Waals surface area contributed by atoms with Crippen LogP contribution in [0.4, 0.5) is 4.39 Å². The van der Waals surface area contributed by atoms with E-state index in [0.29, 0.717) is 4.47 Å². The molecule has 0 saturated carbocycles. The Morgan fingerprint density at radius 3 is 2.64 bits per heavy atom. The van der Waals surface area contributed by atoms with Gasteiger partial charge in [-0.2, -0.15) is 0 Å². The second kappa shape index (κ2) is 8.43. The summed E-state index contributed by atoms with van der Waals surface area (Å²) in [6, 6.07) is 8.69. The summed E-state index contributed by atoms with van der Waals surface area (Å²) in [5.41, 5.74) is 0.549. The third-order valence-electron chi connectivity index (χ3n) is 3.17. The fourth-order valence-electron chi connectivity index (χ4n) is 1.98. The summed E-state index contributed by atoms with van der Waals surface area (Å²) in [7, 11) is 1.36. The molecular formula is C18H13BrFO5-. The lowest BCUT2D eigenvalue weighted by Gasteiger charge is -2.11. The van der Waals surface area contributed by atoms with Crippen molar-refractivity contribution in [1.29, 1.82) is 0 Å². The summed E-state index contributed by atoms with van der Waals surface area (Å²) in [6.07, 6.45) is 2.61. The maximum absolute atomic E-state index is 13.7. The molecule has 0 N–H and O–H groups in total. The molecule has 0 aliphatic carbocycles. The van der Waals surface area contributed by atoms with Crippen LogP contribution in [0.15, 0.2) is 46.9 Å². The molecule has 0 atom stereocenters. The van der Waals surface area contributed by atoms with E-state index in [-0.39, 0.29) is 28.4 Å². The standard InChI is InChI=1S/C18H14BrFO5/c1-24-17-9-12(3-7-16(17)25-10-18(22)23)15(21)6-2-11-8-13(19)4-5-14(11)20/h2-9H,10H2,1H3,(H,22,23)/p-1/b6-2+. The average molecular weight is 408 g/mol. The molecule has 0 aliphatic heterocycles. The maximum atomic E-state index is 13.7. The SMILES string of the molecule is COc1cc(C(=O)/C=C/c2cc(Br)ccc2F)ccc1OCC(=O)[O-]. The molecule has 0 amide bonds. The van der Waals surface area contributed by atoms with Gasteiger partial charge in [-0.25, -0.2) is 4.39 Å². The van der Waals surface area contributed by atoms with E-state index in [9.17, 15) is 19.1 Å². The van der Waals surface area contributed by atoms with E-state index in [4.69, 9.17) is 9.47 Å². The smallest absolute Gasteiger partial charge is 0.185 e. The molecule has 130 valence electrons. The number of carboxylic acid groups (broad SMARTS) is 1. The number of benzene rings is 2. The number of rotatable bonds is 7. The molecule has 2 aromatic carbocycles. The van der Waals surface area contributed by atoms with Crippen LogP contribution in [0.2, 0.25) is 0 Å². The minimum absolute atomic E-state index is 0.172. The van der Waals surface area contributed by atoms with Crippen molar-refractivity contribution >= 4 is 33.8 Å². The average Bonchev–Trinajstić information content (AvgIpc) is 2.60. The van der Waals surface area contributed by atoms with E-state index >= 15 is 0 Å². The number of hydrogen-bond acceptors (Lipinski definition) is 5. The minimum Gasteiger partial charge on any atom is -0.546 e. The Morgan fingerprint density at radius 1 is 1.20 bits per heavy atom. The van der Waals surface area contributed by atoms with Gasteiger partial charge in [0, 0.05) is 15.6 Å². The van der Waals surface area contributed by atoms with Crippen molar-refractivity contribution in [3.05, 3.63) is 63.9 Å². The van der Waals surface area contributed by atoms with Crippen molar-refractivity contribution in [2.45, 2.75) is 0 Å². The first-order valence-corrected chi connectivity index (χ1v) is 7.88. The lowest BCUT2D eigenvalue weighted by Crippen LogP contribution is -2.29. The van der Waals surface area contributed by atoms with Crippen LogP contribution in [0.3, 0.4) is 0 Å². The first-order chi connectivity index (χ1) is 11.9. The van der Waals surface area contributed by atoms with Crippen LogP contribution in [0.5, 0.6) is 11.5 Å². The summed E-state index contributed by atoms with van der Waals surface area (Å²) in [5, 5.41) is 10.4. The summed E-state index contributed by atoms with van der Waals surface area (Å²) < 4.78 is 24.5. The van der Waals surface area contributed by atoms with E-state index in [1.165, 1.54) is 43.5 Å². The Labute approximate surface area is 151 Å². The third-order valence-corrected chi connectivity index (χ3v) is 3.66. The van der Waals surface area contributed by atoms with Gasteiger partial charge in [0.05, 0.1) is 13.1 Å². The molecule has 25 heavy (non-hydrogen) atoms. The molecule has 0 unspecified atom stereocenters. The molecule has 0 fully saturated rings. The van der Waals surface area contributed by atoms with Crippen LogP contribution in [-0.4, -0.2) is 25.5 Å². The van der Waals surface area contributed by atoms with Crippen LogP contribution >= 0.6 is 15.9 Å². The Balaban J connectivity index is 2.20. The van der Waals surface area contributed by atoms with Gasteiger partial charge in [-0.05, 0) is 48.6 Å². The fraction of sp³-hybridized carbons (Fsp3) is 0.111. The van der Waals surface area contributed by atoms with E-state index in [1.54, 1.807) is 12.1 Å². The summed E-state index contributed by atoms with van der Waals surface area (Å²) in [4.78, 5) is 22.7. The first kappa shape index (κ1) is 18.7.